The normalized spacial score (nSPS) is 10.5. The lowest BCUT2D eigenvalue weighted by atomic mass is 10.1. The van der Waals surface area contributed by atoms with Gasteiger partial charge in [-0.15, -0.1) is 0 Å². The van der Waals surface area contributed by atoms with Crippen molar-refractivity contribution in [3.8, 4) is 0 Å². The number of hydrogen-bond donors (Lipinski definition) is 0. The van der Waals surface area contributed by atoms with Crippen LogP contribution in [0.5, 0.6) is 0 Å². The van der Waals surface area contributed by atoms with Gasteiger partial charge in [0.25, 0.3) is 0 Å². The summed E-state index contributed by atoms with van der Waals surface area (Å²) in [5.74, 6) is 1.00. The number of oxazole rings is 1. The van der Waals surface area contributed by atoms with Gasteiger partial charge in [0.05, 0.1) is 5.69 Å². The molecule has 0 aliphatic carbocycles. The Bertz CT molecular complexity index is 405. The van der Waals surface area contributed by atoms with E-state index in [4.69, 9.17) is 4.42 Å². The molecule has 0 bridgehead atoms. The summed E-state index contributed by atoms with van der Waals surface area (Å²) in [6.07, 6.45) is 4.49. The van der Waals surface area contributed by atoms with Gasteiger partial charge in [-0.25, -0.2) is 4.98 Å². The Hall–Kier alpha value is -1.57. The van der Waals surface area contributed by atoms with Crippen molar-refractivity contribution in [3.05, 3.63) is 53.7 Å². The summed E-state index contributed by atoms with van der Waals surface area (Å²) < 4.78 is 5.41. The first-order valence-corrected chi connectivity index (χ1v) is 5.35. The van der Waals surface area contributed by atoms with Crippen molar-refractivity contribution < 1.29 is 4.42 Å². The highest BCUT2D eigenvalue weighted by molar-refractivity contribution is 5.22. The van der Waals surface area contributed by atoms with E-state index < -0.39 is 0 Å². The first-order chi connectivity index (χ1) is 7.40. The molecule has 0 saturated heterocycles. The predicted molar refractivity (Wildman–Crippen MR) is 59.7 cm³/mol. The van der Waals surface area contributed by atoms with Gasteiger partial charge in [-0.2, -0.15) is 0 Å². The highest BCUT2D eigenvalue weighted by Crippen LogP contribution is 2.14. The molecule has 0 spiro atoms. The van der Waals surface area contributed by atoms with E-state index in [1.807, 2.05) is 18.2 Å². The second kappa shape index (κ2) is 4.78. The smallest absolute Gasteiger partial charge is 0.181 e. The highest BCUT2D eigenvalue weighted by Gasteiger charge is 2.07. The van der Waals surface area contributed by atoms with E-state index in [1.165, 1.54) is 5.56 Å². The van der Waals surface area contributed by atoms with Crippen LogP contribution in [-0.2, 0) is 12.8 Å². The van der Waals surface area contributed by atoms with Gasteiger partial charge in [0.2, 0.25) is 0 Å². The van der Waals surface area contributed by atoms with Crippen LogP contribution in [0.4, 0.5) is 0 Å². The molecular formula is C13H15NO. The lowest BCUT2D eigenvalue weighted by Gasteiger charge is -1.99. The third kappa shape index (κ3) is 2.46. The second-order valence-electron chi connectivity index (χ2n) is 3.63. The van der Waals surface area contributed by atoms with Crippen molar-refractivity contribution in [2.45, 2.75) is 26.2 Å². The van der Waals surface area contributed by atoms with E-state index in [1.54, 1.807) is 6.39 Å². The summed E-state index contributed by atoms with van der Waals surface area (Å²) in [5, 5.41) is 0. The zero-order valence-electron chi connectivity index (χ0n) is 8.94. The molecular weight excluding hydrogens is 186 g/mol. The third-order valence-corrected chi connectivity index (χ3v) is 2.42. The van der Waals surface area contributed by atoms with Crippen LogP contribution >= 0.6 is 0 Å². The van der Waals surface area contributed by atoms with Crippen LogP contribution in [-0.4, -0.2) is 4.98 Å². The third-order valence-electron chi connectivity index (χ3n) is 2.42. The van der Waals surface area contributed by atoms with Crippen LogP contribution in [0.1, 0.15) is 30.4 Å². The molecule has 0 radical (unpaired) electrons. The van der Waals surface area contributed by atoms with Crippen molar-refractivity contribution >= 4 is 0 Å². The quantitative estimate of drug-likeness (QED) is 0.759. The topological polar surface area (TPSA) is 26.0 Å². The monoisotopic (exact) mass is 201 g/mol. The zero-order chi connectivity index (χ0) is 10.5. The van der Waals surface area contributed by atoms with E-state index in [0.29, 0.717) is 0 Å². The Morgan fingerprint density at radius 1 is 1.20 bits per heavy atom. The first kappa shape index (κ1) is 9.97. The number of hydrogen-bond acceptors (Lipinski definition) is 2. The van der Waals surface area contributed by atoms with Crippen molar-refractivity contribution in [2.75, 3.05) is 0 Å². The summed E-state index contributed by atoms with van der Waals surface area (Å²) in [5.41, 5.74) is 2.37. The maximum absolute atomic E-state index is 5.41. The van der Waals surface area contributed by atoms with Gasteiger partial charge in [-0.1, -0.05) is 43.7 Å². The largest absolute Gasteiger partial charge is 0.448 e. The standard InChI is InChI=1S/C13H15NO/c1-2-6-12-13(15-10-14-12)9-11-7-4-3-5-8-11/h3-5,7-8,10H,2,6,9H2,1H3. The van der Waals surface area contributed by atoms with E-state index in [-0.39, 0.29) is 0 Å². The average molecular weight is 201 g/mol. The number of rotatable bonds is 4. The summed E-state index contributed by atoms with van der Waals surface area (Å²) in [6, 6.07) is 10.3. The molecule has 2 aromatic rings. The molecule has 0 atom stereocenters. The fraction of sp³-hybridized carbons (Fsp3) is 0.308. The molecule has 1 aromatic carbocycles. The van der Waals surface area contributed by atoms with Gasteiger partial charge in [0.15, 0.2) is 6.39 Å². The molecule has 0 fully saturated rings. The van der Waals surface area contributed by atoms with Gasteiger partial charge >= 0.3 is 0 Å². The molecule has 0 N–H and O–H groups in total. The highest BCUT2D eigenvalue weighted by atomic mass is 16.3. The van der Waals surface area contributed by atoms with Crippen molar-refractivity contribution in [3.63, 3.8) is 0 Å². The van der Waals surface area contributed by atoms with Crippen LogP contribution in [0.25, 0.3) is 0 Å². The fourth-order valence-electron chi connectivity index (χ4n) is 1.66. The molecule has 0 aliphatic heterocycles. The summed E-state index contributed by atoms with van der Waals surface area (Å²) in [4.78, 5) is 4.24. The van der Waals surface area contributed by atoms with Crippen molar-refractivity contribution in [1.82, 2.24) is 4.98 Å². The minimum atomic E-state index is 0.843. The fourth-order valence-corrected chi connectivity index (χ4v) is 1.66. The van der Waals surface area contributed by atoms with Gasteiger partial charge in [0, 0.05) is 6.42 Å². The Kier molecular flexibility index (Phi) is 3.18. The Balaban J connectivity index is 2.14. The van der Waals surface area contributed by atoms with E-state index in [0.717, 1.165) is 30.7 Å². The molecule has 1 aromatic heterocycles. The van der Waals surface area contributed by atoms with Crippen molar-refractivity contribution in [1.29, 1.82) is 0 Å². The van der Waals surface area contributed by atoms with Crippen LogP contribution in [0.2, 0.25) is 0 Å². The molecule has 2 nitrogen and oxygen atoms in total. The van der Waals surface area contributed by atoms with Crippen LogP contribution < -0.4 is 0 Å². The molecule has 0 unspecified atom stereocenters. The molecule has 15 heavy (non-hydrogen) atoms. The van der Waals surface area contributed by atoms with Crippen LogP contribution in [0.15, 0.2) is 41.1 Å². The van der Waals surface area contributed by atoms with E-state index >= 15 is 0 Å². The molecule has 0 aliphatic rings. The van der Waals surface area contributed by atoms with E-state index in [9.17, 15) is 0 Å². The number of aryl methyl sites for hydroxylation is 1. The number of nitrogens with zero attached hydrogens (tertiary/aromatic N) is 1. The van der Waals surface area contributed by atoms with Gasteiger partial charge < -0.3 is 4.42 Å². The molecule has 0 saturated carbocycles. The summed E-state index contributed by atoms with van der Waals surface area (Å²) in [6.45, 7) is 2.15. The lowest BCUT2D eigenvalue weighted by molar-refractivity contribution is 0.511. The molecule has 1 heterocycles. The number of benzene rings is 1. The van der Waals surface area contributed by atoms with Gasteiger partial charge in [-0.3, -0.25) is 0 Å². The number of aromatic nitrogens is 1. The second-order valence-corrected chi connectivity index (χ2v) is 3.63. The predicted octanol–water partition coefficient (Wildman–Crippen LogP) is 3.22. The minimum Gasteiger partial charge on any atom is -0.448 e. The van der Waals surface area contributed by atoms with Crippen LogP contribution in [0.3, 0.4) is 0 Å². The first-order valence-electron chi connectivity index (χ1n) is 5.35. The molecule has 78 valence electrons. The van der Waals surface area contributed by atoms with Crippen molar-refractivity contribution in [2.24, 2.45) is 0 Å². The lowest BCUT2D eigenvalue weighted by Crippen LogP contribution is -1.92. The molecule has 2 rings (SSSR count). The molecule has 0 amide bonds. The summed E-state index contributed by atoms with van der Waals surface area (Å²) >= 11 is 0. The van der Waals surface area contributed by atoms with E-state index in [2.05, 4.69) is 24.0 Å². The van der Waals surface area contributed by atoms with Crippen LogP contribution in [0, 0.1) is 0 Å². The summed E-state index contributed by atoms with van der Waals surface area (Å²) in [7, 11) is 0. The van der Waals surface area contributed by atoms with Gasteiger partial charge in [0.1, 0.15) is 5.76 Å². The van der Waals surface area contributed by atoms with Gasteiger partial charge in [-0.05, 0) is 12.0 Å². The SMILES string of the molecule is CCCc1ncoc1Cc1ccccc1. The Labute approximate surface area is 90.0 Å². The minimum absolute atomic E-state index is 0.843. The maximum Gasteiger partial charge on any atom is 0.181 e. The Morgan fingerprint density at radius 3 is 2.73 bits per heavy atom. The zero-order valence-corrected chi connectivity index (χ0v) is 8.94. The Morgan fingerprint density at radius 2 is 2.00 bits per heavy atom. The average Bonchev–Trinajstić information content (AvgIpc) is 2.68. The maximum atomic E-state index is 5.41. The molecule has 2 heteroatoms.